The Kier molecular flexibility index (Phi) is 5.88. The first kappa shape index (κ1) is 11.7. The van der Waals surface area contributed by atoms with Gasteiger partial charge in [-0.1, -0.05) is 13.0 Å². The molecule has 0 aromatic rings. The molecule has 0 radical (unpaired) electrons. The third-order valence-electron chi connectivity index (χ3n) is 2.73. The summed E-state index contributed by atoms with van der Waals surface area (Å²) in [5.41, 5.74) is 0. The van der Waals surface area contributed by atoms with Crippen LogP contribution in [0.3, 0.4) is 0 Å². The first-order valence-electron chi connectivity index (χ1n) is 5.84. The molecular formula is C12H23NO. The summed E-state index contributed by atoms with van der Waals surface area (Å²) >= 11 is 0. The van der Waals surface area contributed by atoms with Crippen LogP contribution in [0.2, 0.25) is 0 Å². The van der Waals surface area contributed by atoms with E-state index in [9.17, 15) is 0 Å². The van der Waals surface area contributed by atoms with Gasteiger partial charge in [0.05, 0.1) is 6.10 Å². The highest BCUT2D eigenvalue weighted by atomic mass is 16.5. The van der Waals surface area contributed by atoms with Gasteiger partial charge in [-0.25, -0.2) is 0 Å². The van der Waals surface area contributed by atoms with E-state index in [0.717, 1.165) is 19.6 Å². The average Bonchev–Trinajstić information content (AvgIpc) is 2.25. The van der Waals surface area contributed by atoms with Gasteiger partial charge in [0.25, 0.3) is 0 Å². The van der Waals surface area contributed by atoms with Crippen LogP contribution in [-0.2, 0) is 4.74 Å². The molecule has 0 aliphatic carbocycles. The van der Waals surface area contributed by atoms with Gasteiger partial charge in [-0.05, 0) is 38.6 Å². The summed E-state index contributed by atoms with van der Waals surface area (Å²) in [7, 11) is 0. The van der Waals surface area contributed by atoms with Crippen LogP contribution in [-0.4, -0.2) is 25.3 Å². The fourth-order valence-electron chi connectivity index (χ4n) is 1.87. The van der Waals surface area contributed by atoms with Gasteiger partial charge >= 0.3 is 0 Å². The molecule has 0 saturated carbocycles. The Morgan fingerprint density at radius 2 is 2.43 bits per heavy atom. The summed E-state index contributed by atoms with van der Waals surface area (Å²) in [5.74, 6) is 0. The Labute approximate surface area is 87.7 Å². The molecule has 0 aromatic heterocycles. The van der Waals surface area contributed by atoms with E-state index in [-0.39, 0.29) is 0 Å². The largest absolute Gasteiger partial charge is 0.378 e. The molecule has 1 rings (SSSR count). The Morgan fingerprint density at radius 1 is 1.57 bits per heavy atom. The molecule has 2 unspecified atom stereocenters. The van der Waals surface area contributed by atoms with Gasteiger partial charge in [0.15, 0.2) is 0 Å². The fraction of sp³-hybridized carbons (Fsp3) is 0.833. The van der Waals surface area contributed by atoms with Crippen molar-refractivity contribution in [1.82, 2.24) is 5.32 Å². The van der Waals surface area contributed by atoms with Crippen LogP contribution < -0.4 is 5.32 Å². The van der Waals surface area contributed by atoms with Crippen LogP contribution in [0.1, 0.15) is 39.0 Å². The third-order valence-corrected chi connectivity index (χ3v) is 2.73. The minimum absolute atomic E-state index is 0.429. The zero-order valence-electron chi connectivity index (χ0n) is 9.30. The lowest BCUT2D eigenvalue weighted by Gasteiger charge is -2.26. The molecule has 2 atom stereocenters. The summed E-state index contributed by atoms with van der Waals surface area (Å²) in [4.78, 5) is 0. The molecule has 0 bridgehead atoms. The molecule has 1 aliphatic heterocycles. The smallest absolute Gasteiger partial charge is 0.0593 e. The third kappa shape index (κ3) is 4.25. The average molecular weight is 197 g/mol. The molecule has 1 fully saturated rings. The highest BCUT2D eigenvalue weighted by Crippen LogP contribution is 2.17. The maximum absolute atomic E-state index is 5.70. The minimum Gasteiger partial charge on any atom is -0.378 e. The second kappa shape index (κ2) is 7.02. The maximum atomic E-state index is 5.70. The van der Waals surface area contributed by atoms with Crippen molar-refractivity contribution in [2.24, 2.45) is 0 Å². The quantitative estimate of drug-likeness (QED) is 0.661. The van der Waals surface area contributed by atoms with Crippen LogP contribution in [0.25, 0.3) is 0 Å². The van der Waals surface area contributed by atoms with Crippen molar-refractivity contribution in [3.05, 3.63) is 12.7 Å². The Bertz CT molecular complexity index is 152. The van der Waals surface area contributed by atoms with Crippen molar-refractivity contribution in [1.29, 1.82) is 0 Å². The first-order chi connectivity index (χ1) is 6.86. The SMILES string of the molecule is C=CC(CC1CCCCO1)NCCC. The summed E-state index contributed by atoms with van der Waals surface area (Å²) in [5, 5.41) is 3.47. The number of rotatable bonds is 6. The Balaban J connectivity index is 2.20. The summed E-state index contributed by atoms with van der Waals surface area (Å²) in [6.45, 7) is 8.07. The number of hydrogen-bond acceptors (Lipinski definition) is 2. The van der Waals surface area contributed by atoms with E-state index in [0.29, 0.717) is 12.1 Å². The van der Waals surface area contributed by atoms with Crippen LogP contribution in [0.4, 0.5) is 0 Å². The number of hydrogen-bond donors (Lipinski definition) is 1. The van der Waals surface area contributed by atoms with E-state index in [1.54, 1.807) is 0 Å². The van der Waals surface area contributed by atoms with Crippen molar-refractivity contribution in [2.45, 2.75) is 51.2 Å². The Morgan fingerprint density at radius 3 is 3.00 bits per heavy atom. The molecule has 14 heavy (non-hydrogen) atoms. The van der Waals surface area contributed by atoms with Gasteiger partial charge < -0.3 is 10.1 Å². The summed E-state index contributed by atoms with van der Waals surface area (Å²) in [6, 6.07) is 0.429. The summed E-state index contributed by atoms with van der Waals surface area (Å²) in [6.07, 6.45) is 8.50. The predicted octanol–water partition coefficient (Wildman–Crippen LogP) is 2.50. The lowest BCUT2D eigenvalue weighted by molar-refractivity contribution is 0.00789. The first-order valence-corrected chi connectivity index (χ1v) is 5.84. The lowest BCUT2D eigenvalue weighted by atomic mass is 10.0. The van der Waals surface area contributed by atoms with Crippen molar-refractivity contribution < 1.29 is 4.74 Å². The van der Waals surface area contributed by atoms with E-state index < -0.39 is 0 Å². The van der Waals surface area contributed by atoms with Crippen LogP contribution >= 0.6 is 0 Å². The maximum Gasteiger partial charge on any atom is 0.0593 e. The van der Waals surface area contributed by atoms with Crippen molar-refractivity contribution in [2.75, 3.05) is 13.2 Å². The Hall–Kier alpha value is -0.340. The minimum atomic E-state index is 0.429. The van der Waals surface area contributed by atoms with E-state index in [4.69, 9.17) is 4.74 Å². The molecule has 0 amide bonds. The zero-order chi connectivity index (χ0) is 10.2. The van der Waals surface area contributed by atoms with Gasteiger partial charge in [0.2, 0.25) is 0 Å². The molecule has 1 N–H and O–H groups in total. The molecule has 2 heteroatoms. The van der Waals surface area contributed by atoms with Crippen LogP contribution in [0, 0.1) is 0 Å². The second-order valence-corrected chi connectivity index (χ2v) is 4.02. The van der Waals surface area contributed by atoms with E-state index in [2.05, 4.69) is 18.8 Å². The highest BCUT2D eigenvalue weighted by molar-refractivity contribution is 4.88. The normalized spacial score (nSPS) is 24.5. The van der Waals surface area contributed by atoms with Crippen molar-refractivity contribution in [3.8, 4) is 0 Å². The summed E-state index contributed by atoms with van der Waals surface area (Å²) < 4.78 is 5.70. The lowest BCUT2D eigenvalue weighted by Crippen LogP contribution is -2.33. The molecule has 1 aliphatic rings. The molecule has 1 heterocycles. The van der Waals surface area contributed by atoms with Gasteiger partial charge in [-0.2, -0.15) is 0 Å². The molecule has 0 aromatic carbocycles. The monoisotopic (exact) mass is 197 g/mol. The molecule has 82 valence electrons. The van der Waals surface area contributed by atoms with E-state index in [1.165, 1.54) is 25.7 Å². The van der Waals surface area contributed by atoms with Crippen LogP contribution in [0.5, 0.6) is 0 Å². The zero-order valence-corrected chi connectivity index (χ0v) is 9.30. The molecule has 0 spiro atoms. The predicted molar refractivity (Wildman–Crippen MR) is 60.5 cm³/mol. The second-order valence-electron chi connectivity index (χ2n) is 4.02. The van der Waals surface area contributed by atoms with Crippen molar-refractivity contribution in [3.63, 3.8) is 0 Å². The van der Waals surface area contributed by atoms with Gasteiger partial charge in [-0.3, -0.25) is 0 Å². The highest BCUT2D eigenvalue weighted by Gasteiger charge is 2.17. The van der Waals surface area contributed by atoms with E-state index in [1.807, 2.05) is 6.08 Å². The fourth-order valence-corrected chi connectivity index (χ4v) is 1.87. The number of nitrogens with one attached hydrogen (secondary N) is 1. The topological polar surface area (TPSA) is 21.3 Å². The van der Waals surface area contributed by atoms with Gasteiger partial charge in [0, 0.05) is 12.6 Å². The van der Waals surface area contributed by atoms with Gasteiger partial charge in [-0.15, -0.1) is 6.58 Å². The molecule has 1 saturated heterocycles. The van der Waals surface area contributed by atoms with E-state index >= 15 is 0 Å². The van der Waals surface area contributed by atoms with Gasteiger partial charge in [0.1, 0.15) is 0 Å². The molecular weight excluding hydrogens is 174 g/mol. The van der Waals surface area contributed by atoms with Crippen LogP contribution in [0.15, 0.2) is 12.7 Å². The molecule has 2 nitrogen and oxygen atoms in total. The standard InChI is InChI=1S/C12H23NO/c1-3-8-13-11(4-2)10-12-7-5-6-9-14-12/h4,11-13H,2-3,5-10H2,1H3. The van der Waals surface area contributed by atoms with Crippen molar-refractivity contribution >= 4 is 0 Å². The number of ether oxygens (including phenoxy) is 1.